The molecule has 8 aromatic carbocycles. The van der Waals surface area contributed by atoms with Crippen LogP contribution in [0.15, 0.2) is 178 Å². The second kappa shape index (κ2) is 20.0. The van der Waals surface area contributed by atoms with Gasteiger partial charge in [0.2, 0.25) is 0 Å². The van der Waals surface area contributed by atoms with Crippen molar-refractivity contribution in [2.45, 2.75) is 12.4 Å². The Kier molecular flexibility index (Phi) is 13.5. The Labute approximate surface area is 401 Å². The maximum absolute atomic E-state index is 13.4. The highest BCUT2D eigenvalue weighted by molar-refractivity contribution is 6.12. The topological polar surface area (TPSA) is 223 Å². The number of fused-ring (bicyclic) bond motifs is 2. The van der Waals surface area contributed by atoms with E-state index in [0.29, 0.717) is 44.0 Å². The van der Waals surface area contributed by atoms with Crippen LogP contribution in [-0.4, -0.2) is 39.9 Å². The van der Waals surface area contributed by atoms with E-state index in [4.69, 9.17) is 0 Å². The quantitative estimate of drug-likeness (QED) is 0.0441. The number of hydrogen-bond donors (Lipinski definition) is 6. The fourth-order valence-electron chi connectivity index (χ4n) is 7.06. The number of ketones is 1. The average Bonchev–Trinajstić information content (AvgIpc) is 3.35. The van der Waals surface area contributed by atoms with E-state index in [1.54, 1.807) is 0 Å². The van der Waals surface area contributed by atoms with E-state index in [0.717, 1.165) is 36.4 Å². The lowest BCUT2D eigenvalue weighted by atomic mass is 10.0. The molecule has 360 valence electrons. The molecule has 0 atom stereocenters. The molecule has 0 unspecified atom stereocenters. The van der Waals surface area contributed by atoms with E-state index in [2.05, 4.69) is 41.7 Å². The number of nitrogens with one attached hydrogen (secondary N) is 4. The van der Waals surface area contributed by atoms with E-state index < -0.39 is 47.4 Å². The molecule has 0 radical (unpaired) electrons. The zero-order valence-electron chi connectivity index (χ0n) is 36.5. The minimum Gasteiger partial charge on any atom is -0.506 e. The maximum Gasteiger partial charge on any atom is 0.416 e. The van der Waals surface area contributed by atoms with Crippen molar-refractivity contribution in [2.24, 2.45) is 20.5 Å². The van der Waals surface area contributed by atoms with E-state index >= 15 is 0 Å². The van der Waals surface area contributed by atoms with Gasteiger partial charge in [-0.1, -0.05) is 36.4 Å². The molecule has 72 heavy (non-hydrogen) atoms. The third-order valence-corrected chi connectivity index (χ3v) is 10.6. The molecule has 8 aromatic rings. The molecule has 6 amide bonds. The molecule has 0 bridgehead atoms. The minimum atomic E-state index is -4.63. The fraction of sp³-hybridized carbons (Fsp3) is 0.0392. The van der Waals surface area contributed by atoms with E-state index in [9.17, 15) is 60.5 Å². The molecule has 0 aliphatic heterocycles. The van der Waals surface area contributed by atoms with Crippen LogP contribution in [0.3, 0.4) is 0 Å². The van der Waals surface area contributed by atoms with Gasteiger partial charge in [-0.3, -0.25) is 25.0 Å². The number of halogens is 6. The van der Waals surface area contributed by atoms with E-state index in [1.165, 1.54) is 121 Å². The number of benzene rings is 8. The number of phenols is 2. The van der Waals surface area contributed by atoms with Gasteiger partial charge in [-0.05, 0) is 132 Å². The lowest BCUT2D eigenvalue weighted by Crippen LogP contribution is -2.34. The number of phenolic OH excluding ortho intramolecular Hbond substituents is 2. The first-order valence-electron chi connectivity index (χ1n) is 21.0. The molecule has 0 saturated heterocycles. The van der Waals surface area contributed by atoms with Crippen molar-refractivity contribution in [3.05, 3.63) is 191 Å². The highest BCUT2D eigenvalue weighted by Gasteiger charge is 2.31. The summed E-state index contributed by atoms with van der Waals surface area (Å²) in [6.07, 6.45) is -9.27. The van der Waals surface area contributed by atoms with Crippen molar-refractivity contribution in [3.8, 4) is 11.5 Å². The Balaban J connectivity index is 0.881. The SMILES string of the molecule is O=C(NC(=O)c1ccc2c(N=Nc3ccc(C(=O)c4ccc(N=Nc5c(O)ccc6cc(C(=O)NC(=O)Nc7cccc(C(F)(F)F)c7)ccc56)cc4)cc3)c(O)ccc2c1)Nc1cccc(C(F)(F)F)c1. The molecule has 0 aliphatic carbocycles. The number of imide groups is 2. The van der Waals surface area contributed by atoms with Gasteiger partial charge >= 0.3 is 24.4 Å². The van der Waals surface area contributed by atoms with Crippen LogP contribution in [0.5, 0.6) is 11.5 Å². The summed E-state index contributed by atoms with van der Waals surface area (Å²) < 4.78 is 78.4. The number of urea groups is 2. The molecule has 8 rings (SSSR count). The maximum atomic E-state index is 13.4. The summed E-state index contributed by atoms with van der Waals surface area (Å²) in [4.78, 5) is 63.9. The van der Waals surface area contributed by atoms with Crippen LogP contribution in [0, 0.1) is 0 Å². The number of aromatic hydroxyl groups is 2. The molecule has 21 heteroatoms. The molecule has 6 N–H and O–H groups in total. The molecule has 0 heterocycles. The normalized spacial score (nSPS) is 11.8. The third kappa shape index (κ3) is 11.4. The number of azo groups is 2. The highest BCUT2D eigenvalue weighted by atomic mass is 19.4. The highest BCUT2D eigenvalue weighted by Crippen LogP contribution is 2.39. The number of rotatable bonds is 10. The first-order valence-corrected chi connectivity index (χ1v) is 21.0. The number of amides is 6. The Bertz CT molecular complexity index is 3300. The summed E-state index contributed by atoms with van der Waals surface area (Å²) in [5, 5.41) is 48.2. The Hall–Kier alpha value is -9.79. The number of anilines is 2. The predicted molar refractivity (Wildman–Crippen MR) is 252 cm³/mol. The number of nitrogens with zero attached hydrogens (tertiary/aromatic N) is 4. The van der Waals surface area contributed by atoms with Crippen LogP contribution in [0.25, 0.3) is 21.5 Å². The zero-order valence-corrected chi connectivity index (χ0v) is 36.5. The van der Waals surface area contributed by atoms with Gasteiger partial charge < -0.3 is 20.8 Å². The van der Waals surface area contributed by atoms with Gasteiger partial charge in [0.05, 0.1) is 22.5 Å². The van der Waals surface area contributed by atoms with Gasteiger partial charge in [0.1, 0.15) is 22.9 Å². The summed E-state index contributed by atoms with van der Waals surface area (Å²) in [7, 11) is 0. The van der Waals surface area contributed by atoms with E-state index in [-0.39, 0.29) is 51.2 Å². The van der Waals surface area contributed by atoms with E-state index in [1.807, 2.05) is 0 Å². The summed E-state index contributed by atoms with van der Waals surface area (Å²) in [6, 6.07) is 32.0. The Morgan fingerprint density at radius 3 is 1.17 bits per heavy atom. The van der Waals surface area contributed by atoms with Gasteiger partial charge in [-0.25, -0.2) is 9.59 Å². The van der Waals surface area contributed by atoms with Gasteiger partial charge in [-0.15, -0.1) is 10.2 Å². The second-order valence-electron chi connectivity index (χ2n) is 15.5. The van der Waals surface area contributed by atoms with Crippen LogP contribution in [-0.2, 0) is 12.4 Å². The monoisotopic (exact) mass is 982 g/mol. The van der Waals surface area contributed by atoms with Gasteiger partial charge in [0, 0.05) is 44.4 Å². The van der Waals surface area contributed by atoms with Crippen LogP contribution >= 0.6 is 0 Å². The predicted octanol–water partition coefficient (Wildman–Crippen LogP) is 13.4. The van der Waals surface area contributed by atoms with Crippen molar-refractivity contribution in [2.75, 3.05) is 10.6 Å². The molecule has 0 saturated carbocycles. The van der Waals surface area contributed by atoms with Crippen molar-refractivity contribution in [1.29, 1.82) is 0 Å². The van der Waals surface area contributed by atoms with Gasteiger partial charge in [0.25, 0.3) is 11.8 Å². The molecule has 0 aromatic heterocycles. The summed E-state index contributed by atoms with van der Waals surface area (Å²) in [5.74, 6) is -2.53. The molecule has 0 fully saturated rings. The Morgan fingerprint density at radius 2 is 0.792 bits per heavy atom. The van der Waals surface area contributed by atoms with Crippen molar-refractivity contribution < 1.29 is 60.5 Å². The first kappa shape index (κ1) is 48.7. The molecule has 0 aliphatic rings. The molecular formula is C51H32F6N8O7. The number of alkyl halides is 6. The lowest BCUT2D eigenvalue weighted by molar-refractivity contribution is -0.138. The largest absolute Gasteiger partial charge is 0.506 e. The average molecular weight is 983 g/mol. The molecular weight excluding hydrogens is 951 g/mol. The van der Waals surface area contributed by atoms with Crippen LogP contribution in [0.2, 0.25) is 0 Å². The summed E-state index contributed by atoms with van der Waals surface area (Å²) in [5.41, 5.74) is -0.935. The van der Waals surface area contributed by atoms with Crippen LogP contribution in [0.1, 0.15) is 47.8 Å². The lowest BCUT2D eigenvalue weighted by Gasteiger charge is -2.11. The van der Waals surface area contributed by atoms with Crippen LogP contribution in [0.4, 0.5) is 70.1 Å². The minimum absolute atomic E-state index is 0.0236. The van der Waals surface area contributed by atoms with Gasteiger partial charge in [-0.2, -0.15) is 36.6 Å². The third-order valence-electron chi connectivity index (χ3n) is 10.6. The summed E-state index contributed by atoms with van der Waals surface area (Å²) in [6.45, 7) is 0. The molecule has 0 spiro atoms. The zero-order chi connectivity index (χ0) is 51.3. The fourth-order valence-corrected chi connectivity index (χ4v) is 7.06. The Morgan fingerprint density at radius 1 is 0.417 bits per heavy atom. The molecule has 15 nitrogen and oxygen atoms in total. The number of carbonyl (C=O) groups excluding carboxylic acids is 5. The second-order valence-corrected chi connectivity index (χ2v) is 15.5. The van der Waals surface area contributed by atoms with Crippen molar-refractivity contribution in [3.63, 3.8) is 0 Å². The number of hydrogen-bond acceptors (Lipinski definition) is 11. The standard InChI is InChI=1S/C51H32F6N8O7/c52-50(53,54)33-3-1-5-37(25-33)58-48(71)60-46(69)31-11-19-39-29(23-31)13-21-41(66)43(39)64-62-35-15-7-27(8-16-35)45(68)28-9-17-36(18-10-28)63-65-44-40-20-12-32(24-30(40)14-22-42(44)67)47(70)61-49(72)59-38-6-2-4-34(26-38)51(55,56)57/h1-26,66-67H,(H2,58,60,69,71)(H2,59,61,70,72). The van der Waals surface area contributed by atoms with Crippen LogP contribution < -0.4 is 21.3 Å². The summed E-state index contributed by atoms with van der Waals surface area (Å²) >= 11 is 0. The number of carbonyl (C=O) groups is 5. The van der Waals surface area contributed by atoms with Crippen molar-refractivity contribution in [1.82, 2.24) is 10.6 Å². The van der Waals surface area contributed by atoms with Gasteiger partial charge in [0.15, 0.2) is 5.78 Å². The smallest absolute Gasteiger partial charge is 0.416 e. The first-order chi connectivity index (χ1) is 34.3. The van der Waals surface area contributed by atoms with Crippen molar-refractivity contribution >= 4 is 85.3 Å².